The summed E-state index contributed by atoms with van der Waals surface area (Å²) >= 11 is 0. The lowest BCUT2D eigenvalue weighted by molar-refractivity contribution is -0.928. The largest absolute Gasteiger partial charge is 0.484 e. The van der Waals surface area contributed by atoms with Gasteiger partial charge in [0, 0.05) is 11.6 Å². The third-order valence-electron chi connectivity index (χ3n) is 4.62. The molecule has 0 aliphatic carbocycles. The molecule has 28 heavy (non-hydrogen) atoms. The Bertz CT molecular complexity index is 808. The van der Waals surface area contributed by atoms with E-state index in [1.54, 1.807) is 6.07 Å². The first-order valence-electron chi connectivity index (χ1n) is 9.32. The normalized spacial score (nSPS) is 16.4. The topological polar surface area (TPSA) is 64.4 Å². The second kappa shape index (κ2) is 9.96. The Balaban J connectivity index is 1.63. The Labute approximate surface area is 163 Å². The molecule has 2 aromatic carbocycles. The molecule has 0 radical (unpaired) electrons. The van der Waals surface area contributed by atoms with Crippen LogP contribution in [0.5, 0.6) is 5.75 Å². The van der Waals surface area contributed by atoms with Crippen LogP contribution in [0.25, 0.3) is 0 Å². The lowest BCUT2D eigenvalue weighted by atomic mass is 10.0. The number of amides is 1. The summed E-state index contributed by atoms with van der Waals surface area (Å²) in [5.74, 6) is -0.505. The molecule has 2 N–H and O–H groups in total. The van der Waals surface area contributed by atoms with Crippen LogP contribution in [0.4, 0.5) is 4.39 Å². The van der Waals surface area contributed by atoms with Gasteiger partial charge >= 0.3 is 0 Å². The van der Waals surface area contributed by atoms with Crippen molar-refractivity contribution >= 4 is 11.6 Å². The number of nitrogens with zero attached hydrogens (tertiary/aromatic N) is 1. The minimum atomic E-state index is -0.411. The van der Waals surface area contributed by atoms with Crippen molar-refractivity contribution < 1.29 is 23.6 Å². The highest BCUT2D eigenvalue weighted by atomic mass is 19.1. The number of benzene rings is 2. The minimum absolute atomic E-state index is 0.0366. The number of hydrogen-bond donors (Lipinski definition) is 2. The molecular weight excluding hydrogens is 361 g/mol. The molecule has 0 bridgehead atoms. The fraction of sp³-hybridized carbons (Fsp3) is 0.333. The van der Waals surface area contributed by atoms with Gasteiger partial charge in [0.2, 0.25) is 0 Å². The summed E-state index contributed by atoms with van der Waals surface area (Å²) in [5.41, 5.74) is 4.49. The molecule has 1 heterocycles. The predicted molar refractivity (Wildman–Crippen MR) is 104 cm³/mol. The predicted octanol–water partition coefficient (Wildman–Crippen LogP) is 1.35. The Morgan fingerprint density at radius 3 is 2.68 bits per heavy atom. The maximum absolute atomic E-state index is 13.2. The summed E-state index contributed by atoms with van der Waals surface area (Å²) in [5, 5.41) is 4.31. The lowest BCUT2D eigenvalue weighted by Crippen LogP contribution is -3.15. The van der Waals surface area contributed by atoms with Crippen molar-refractivity contribution in [2.45, 2.75) is 13.0 Å². The molecular formula is C21H25FN3O3+. The van der Waals surface area contributed by atoms with Crippen molar-refractivity contribution in [1.82, 2.24) is 5.43 Å². The van der Waals surface area contributed by atoms with E-state index in [0.717, 1.165) is 24.4 Å². The van der Waals surface area contributed by atoms with E-state index in [0.29, 0.717) is 19.0 Å². The summed E-state index contributed by atoms with van der Waals surface area (Å²) in [6.07, 6.45) is 0. The molecule has 1 amide bonds. The number of nitrogens with one attached hydrogen (secondary N) is 2. The zero-order valence-electron chi connectivity index (χ0n) is 15.9. The highest BCUT2D eigenvalue weighted by Gasteiger charge is 2.29. The molecule has 1 atom stereocenters. The quantitative estimate of drug-likeness (QED) is 0.558. The third-order valence-corrected chi connectivity index (χ3v) is 4.62. The maximum atomic E-state index is 13.2. The van der Waals surface area contributed by atoms with E-state index in [-0.39, 0.29) is 12.6 Å². The smallest absolute Gasteiger partial charge is 0.277 e. The second-order valence-corrected chi connectivity index (χ2v) is 6.65. The Morgan fingerprint density at radius 2 is 1.96 bits per heavy atom. The monoisotopic (exact) mass is 386 g/mol. The number of quaternary nitrogens is 1. The van der Waals surface area contributed by atoms with E-state index in [9.17, 15) is 9.18 Å². The first-order chi connectivity index (χ1) is 13.6. The molecule has 1 fully saturated rings. The van der Waals surface area contributed by atoms with E-state index < -0.39 is 11.7 Å². The molecule has 0 spiro atoms. The zero-order valence-corrected chi connectivity index (χ0v) is 15.9. The number of halogens is 1. The molecule has 0 unspecified atom stereocenters. The van der Waals surface area contributed by atoms with Gasteiger partial charge < -0.3 is 14.4 Å². The van der Waals surface area contributed by atoms with Crippen LogP contribution in [0.15, 0.2) is 59.7 Å². The highest BCUT2D eigenvalue weighted by Crippen LogP contribution is 2.13. The van der Waals surface area contributed by atoms with Crippen LogP contribution in [-0.2, 0) is 9.53 Å². The molecule has 0 aromatic heterocycles. The number of hydrazone groups is 1. The van der Waals surface area contributed by atoms with Gasteiger partial charge in [0.1, 0.15) is 24.7 Å². The molecule has 1 aliphatic rings. The molecule has 0 saturated carbocycles. The summed E-state index contributed by atoms with van der Waals surface area (Å²) in [6, 6.07) is 15.8. The molecule has 148 valence electrons. The molecule has 1 aliphatic heterocycles. The van der Waals surface area contributed by atoms with Crippen LogP contribution >= 0.6 is 0 Å². The van der Waals surface area contributed by atoms with Crippen molar-refractivity contribution in [1.29, 1.82) is 0 Å². The van der Waals surface area contributed by atoms with Gasteiger partial charge in [0.15, 0.2) is 12.6 Å². The van der Waals surface area contributed by atoms with E-state index in [4.69, 9.17) is 9.47 Å². The number of morpholine rings is 1. The van der Waals surface area contributed by atoms with Gasteiger partial charge in [-0.1, -0.05) is 36.4 Å². The number of rotatable bonds is 7. The van der Waals surface area contributed by atoms with E-state index in [2.05, 4.69) is 22.7 Å². The van der Waals surface area contributed by atoms with Crippen LogP contribution in [0.1, 0.15) is 18.5 Å². The Morgan fingerprint density at radius 1 is 1.21 bits per heavy atom. The van der Waals surface area contributed by atoms with Crippen LogP contribution in [0.2, 0.25) is 0 Å². The van der Waals surface area contributed by atoms with Crippen LogP contribution in [0.3, 0.4) is 0 Å². The molecule has 2 aromatic rings. The van der Waals surface area contributed by atoms with Crippen LogP contribution in [0, 0.1) is 5.82 Å². The summed E-state index contributed by atoms with van der Waals surface area (Å²) < 4.78 is 23.9. The summed E-state index contributed by atoms with van der Waals surface area (Å²) in [7, 11) is 0. The van der Waals surface area contributed by atoms with E-state index in [1.807, 2.05) is 25.1 Å². The van der Waals surface area contributed by atoms with Crippen molar-refractivity contribution in [2.75, 3.05) is 32.9 Å². The van der Waals surface area contributed by atoms with Crippen molar-refractivity contribution in [2.24, 2.45) is 5.10 Å². The number of ether oxygens (including phenoxy) is 2. The van der Waals surface area contributed by atoms with E-state index in [1.165, 1.54) is 23.1 Å². The van der Waals surface area contributed by atoms with Gasteiger partial charge in [-0.25, -0.2) is 9.82 Å². The zero-order chi connectivity index (χ0) is 19.8. The summed E-state index contributed by atoms with van der Waals surface area (Å²) in [6.45, 7) is 4.85. The highest BCUT2D eigenvalue weighted by molar-refractivity contribution is 5.88. The number of carbonyl (C=O) groups is 1. The first kappa shape index (κ1) is 20.0. The minimum Gasteiger partial charge on any atom is -0.484 e. The first-order valence-corrected chi connectivity index (χ1v) is 9.32. The lowest BCUT2D eigenvalue weighted by Gasteiger charge is -2.31. The van der Waals surface area contributed by atoms with Gasteiger partial charge in [-0.2, -0.15) is 5.10 Å². The van der Waals surface area contributed by atoms with Crippen LogP contribution in [-0.4, -0.2) is 44.5 Å². The average molecular weight is 386 g/mol. The standard InChI is InChI=1S/C21H24FN3O3/c1-16(23-24-20(26)15-28-19-9-5-8-18(22)14-19)21(17-6-3-2-4-7-17)25-10-12-27-13-11-25/h2-9,14,21H,10-13,15H2,1H3,(H,24,26)/p+1/b23-16-/t21-/m1/s1. The summed E-state index contributed by atoms with van der Waals surface area (Å²) in [4.78, 5) is 13.4. The molecule has 3 rings (SSSR count). The van der Waals surface area contributed by atoms with Gasteiger partial charge in [-0.3, -0.25) is 4.79 Å². The molecule has 6 nitrogen and oxygen atoms in total. The van der Waals surface area contributed by atoms with Crippen LogP contribution < -0.4 is 15.1 Å². The average Bonchev–Trinajstić information content (AvgIpc) is 2.72. The SMILES string of the molecule is C/C(=N/NC(=O)COc1cccc(F)c1)[C@H](c1ccccc1)[NH+]1CCOCC1. The van der Waals surface area contributed by atoms with Crippen molar-refractivity contribution in [3.63, 3.8) is 0 Å². The Hall–Kier alpha value is -2.77. The fourth-order valence-corrected chi connectivity index (χ4v) is 3.29. The van der Waals surface area contributed by atoms with Gasteiger partial charge in [-0.05, 0) is 19.1 Å². The van der Waals surface area contributed by atoms with Gasteiger partial charge in [0.05, 0.1) is 18.9 Å². The number of carbonyl (C=O) groups excluding carboxylic acids is 1. The van der Waals surface area contributed by atoms with Gasteiger partial charge in [-0.15, -0.1) is 0 Å². The Kier molecular flexibility index (Phi) is 7.11. The third kappa shape index (κ3) is 5.61. The second-order valence-electron chi connectivity index (χ2n) is 6.65. The molecule has 1 saturated heterocycles. The van der Waals surface area contributed by atoms with Gasteiger partial charge in [0.25, 0.3) is 5.91 Å². The fourth-order valence-electron chi connectivity index (χ4n) is 3.29. The molecule has 7 heteroatoms. The maximum Gasteiger partial charge on any atom is 0.277 e. The number of hydrogen-bond acceptors (Lipinski definition) is 4. The van der Waals surface area contributed by atoms with E-state index >= 15 is 0 Å². The van der Waals surface area contributed by atoms with Crippen molar-refractivity contribution in [3.05, 3.63) is 66.0 Å². The van der Waals surface area contributed by atoms with Crippen molar-refractivity contribution in [3.8, 4) is 5.75 Å².